The molecular weight excluding hydrogens is 316 g/mol. The van der Waals surface area contributed by atoms with Crippen LogP contribution >= 0.6 is 12.4 Å². The quantitative estimate of drug-likeness (QED) is 0.676. The Labute approximate surface area is 144 Å². The van der Waals surface area contributed by atoms with Crippen molar-refractivity contribution in [3.63, 3.8) is 0 Å². The van der Waals surface area contributed by atoms with E-state index in [-0.39, 0.29) is 18.3 Å². The van der Waals surface area contributed by atoms with Gasteiger partial charge in [-0.05, 0) is 56.1 Å². The van der Waals surface area contributed by atoms with E-state index in [1.165, 1.54) is 6.42 Å². The van der Waals surface area contributed by atoms with Crippen LogP contribution in [0.15, 0.2) is 24.3 Å². The summed E-state index contributed by atoms with van der Waals surface area (Å²) < 4.78 is 10.5. The second-order valence-corrected chi connectivity index (χ2v) is 5.62. The third-order valence-electron chi connectivity index (χ3n) is 3.88. The van der Waals surface area contributed by atoms with Crippen molar-refractivity contribution in [1.29, 1.82) is 0 Å². The molecule has 0 radical (unpaired) electrons. The van der Waals surface area contributed by atoms with Crippen LogP contribution in [0.5, 0.6) is 5.75 Å². The van der Waals surface area contributed by atoms with Crippen LogP contribution in [0.4, 0.5) is 0 Å². The summed E-state index contributed by atoms with van der Waals surface area (Å²) in [7, 11) is 1.68. The summed E-state index contributed by atoms with van der Waals surface area (Å²) in [6, 6.07) is 7.28. The number of amides is 1. The zero-order valence-corrected chi connectivity index (χ0v) is 14.5. The number of carbonyl (C=O) groups is 1. The summed E-state index contributed by atoms with van der Waals surface area (Å²) in [5, 5.41) is 6.32. The molecule has 0 spiro atoms. The Kier molecular flexibility index (Phi) is 9.67. The molecule has 1 atom stereocenters. The van der Waals surface area contributed by atoms with Crippen molar-refractivity contribution < 1.29 is 14.3 Å². The normalized spacial score (nSPS) is 16.7. The maximum atomic E-state index is 12.0. The van der Waals surface area contributed by atoms with Crippen LogP contribution in [-0.2, 0) is 4.74 Å². The van der Waals surface area contributed by atoms with Crippen LogP contribution in [0.25, 0.3) is 0 Å². The predicted molar refractivity (Wildman–Crippen MR) is 93.6 cm³/mol. The lowest BCUT2D eigenvalue weighted by atomic mass is 10.1. The van der Waals surface area contributed by atoms with Crippen LogP contribution in [0.1, 0.15) is 29.6 Å². The summed E-state index contributed by atoms with van der Waals surface area (Å²) in [4.78, 5) is 12.0. The summed E-state index contributed by atoms with van der Waals surface area (Å²) in [6.45, 7) is 4.22. The molecule has 6 heteroatoms. The van der Waals surface area contributed by atoms with E-state index in [0.29, 0.717) is 24.7 Å². The first kappa shape index (κ1) is 19.7. The van der Waals surface area contributed by atoms with Gasteiger partial charge in [-0.1, -0.05) is 0 Å². The predicted octanol–water partition coefficient (Wildman–Crippen LogP) is 2.25. The molecule has 23 heavy (non-hydrogen) atoms. The van der Waals surface area contributed by atoms with Gasteiger partial charge < -0.3 is 20.1 Å². The maximum absolute atomic E-state index is 12.0. The lowest BCUT2D eigenvalue weighted by Crippen LogP contribution is -2.26. The molecule has 1 fully saturated rings. The summed E-state index contributed by atoms with van der Waals surface area (Å²) in [5.74, 6) is 1.46. The highest BCUT2D eigenvalue weighted by Crippen LogP contribution is 2.13. The van der Waals surface area contributed by atoms with Crippen LogP contribution in [0.2, 0.25) is 0 Å². The average molecular weight is 343 g/mol. The minimum atomic E-state index is -0.0168. The lowest BCUT2D eigenvalue weighted by Gasteiger charge is -2.10. The Morgan fingerprint density at radius 2 is 2.09 bits per heavy atom. The molecule has 1 aromatic rings. The molecule has 1 saturated heterocycles. The number of benzene rings is 1. The molecular formula is C17H27ClN2O3. The van der Waals surface area contributed by atoms with Crippen molar-refractivity contribution in [3.8, 4) is 5.75 Å². The van der Waals surface area contributed by atoms with E-state index in [1.807, 2.05) is 12.1 Å². The molecule has 0 bridgehead atoms. The fourth-order valence-corrected chi connectivity index (χ4v) is 2.55. The van der Waals surface area contributed by atoms with Crippen molar-refractivity contribution in [2.45, 2.75) is 19.3 Å². The highest BCUT2D eigenvalue weighted by atomic mass is 35.5. The van der Waals surface area contributed by atoms with E-state index in [9.17, 15) is 4.79 Å². The van der Waals surface area contributed by atoms with Crippen molar-refractivity contribution in [3.05, 3.63) is 29.8 Å². The maximum Gasteiger partial charge on any atom is 0.251 e. The molecule has 1 unspecified atom stereocenters. The van der Waals surface area contributed by atoms with E-state index >= 15 is 0 Å². The molecule has 0 aliphatic carbocycles. The van der Waals surface area contributed by atoms with Gasteiger partial charge in [-0.15, -0.1) is 12.4 Å². The standard InChI is InChI=1S/C17H26N2O3.ClH/c1-21-11-2-12-22-16-5-3-15(4-6-16)17(20)19-10-8-14-7-9-18-13-14;/h3-6,14,18H,2,7-13H2,1H3,(H,19,20);1H. The van der Waals surface area contributed by atoms with Crippen LogP contribution < -0.4 is 15.4 Å². The Bertz CT molecular complexity index is 448. The van der Waals surface area contributed by atoms with E-state index < -0.39 is 0 Å². The Morgan fingerprint density at radius 1 is 1.30 bits per heavy atom. The smallest absolute Gasteiger partial charge is 0.251 e. The van der Waals surface area contributed by atoms with Crippen molar-refractivity contribution >= 4 is 18.3 Å². The van der Waals surface area contributed by atoms with Crippen molar-refractivity contribution in [2.24, 2.45) is 5.92 Å². The number of nitrogens with one attached hydrogen (secondary N) is 2. The molecule has 1 heterocycles. The van der Waals surface area contributed by atoms with Gasteiger partial charge in [-0.2, -0.15) is 0 Å². The van der Waals surface area contributed by atoms with Crippen molar-refractivity contribution in [1.82, 2.24) is 10.6 Å². The Balaban J connectivity index is 0.00000264. The first-order valence-electron chi connectivity index (χ1n) is 8.00. The number of halogens is 1. The number of rotatable bonds is 9. The highest BCUT2D eigenvalue weighted by molar-refractivity contribution is 5.94. The molecule has 1 amide bonds. The van der Waals surface area contributed by atoms with E-state index in [1.54, 1.807) is 19.2 Å². The largest absolute Gasteiger partial charge is 0.494 e. The second kappa shape index (κ2) is 11.3. The molecule has 2 rings (SSSR count). The van der Waals surface area contributed by atoms with E-state index in [0.717, 1.165) is 38.2 Å². The molecule has 1 aromatic carbocycles. The molecule has 0 aromatic heterocycles. The molecule has 5 nitrogen and oxygen atoms in total. The fourth-order valence-electron chi connectivity index (χ4n) is 2.55. The zero-order valence-electron chi connectivity index (χ0n) is 13.7. The third kappa shape index (κ3) is 7.20. The zero-order chi connectivity index (χ0) is 15.6. The van der Waals surface area contributed by atoms with Crippen LogP contribution in [-0.4, -0.2) is 45.9 Å². The van der Waals surface area contributed by atoms with Gasteiger partial charge in [0.25, 0.3) is 5.91 Å². The molecule has 0 saturated carbocycles. The SMILES string of the molecule is COCCCOc1ccc(C(=O)NCCC2CCNC2)cc1.Cl. The van der Waals surface area contributed by atoms with Gasteiger partial charge in [0.15, 0.2) is 0 Å². The number of methoxy groups -OCH3 is 1. The van der Waals surface area contributed by atoms with Crippen molar-refractivity contribution in [2.75, 3.05) is 40.0 Å². The van der Waals surface area contributed by atoms with Gasteiger partial charge in [0.1, 0.15) is 5.75 Å². The topological polar surface area (TPSA) is 59.6 Å². The molecule has 1 aliphatic heterocycles. The van der Waals surface area contributed by atoms with Gasteiger partial charge in [-0.25, -0.2) is 0 Å². The highest BCUT2D eigenvalue weighted by Gasteiger charge is 2.14. The number of ether oxygens (including phenoxy) is 2. The summed E-state index contributed by atoms with van der Waals surface area (Å²) in [5.41, 5.74) is 0.675. The van der Waals surface area contributed by atoms with Gasteiger partial charge in [0.05, 0.1) is 6.61 Å². The van der Waals surface area contributed by atoms with Crippen LogP contribution in [0, 0.1) is 5.92 Å². The van der Waals surface area contributed by atoms with Gasteiger partial charge in [0, 0.05) is 32.2 Å². The van der Waals surface area contributed by atoms with Gasteiger partial charge in [0.2, 0.25) is 0 Å². The summed E-state index contributed by atoms with van der Waals surface area (Å²) in [6.07, 6.45) is 3.11. The first-order valence-corrected chi connectivity index (χ1v) is 8.00. The van der Waals surface area contributed by atoms with E-state index in [2.05, 4.69) is 10.6 Å². The molecule has 2 N–H and O–H groups in total. The first-order chi connectivity index (χ1) is 10.8. The molecule has 130 valence electrons. The Morgan fingerprint density at radius 3 is 2.74 bits per heavy atom. The summed E-state index contributed by atoms with van der Waals surface area (Å²) >= 11 is 0. The second-order valence-electron chi connectivity index (χ2n) is 5.62. The Hall–Kier alpha value is -1.30. The molecule has 1 aliphatic rings. The third-order valence-corrected chi connectivity index (χ3v) is 3.88. The van der Waals surface area contributed by atoms with Gasteiger partial charge in [-0.3, -0.25) is 4.79 Å². The van der Waals surface area contributed by atoms with Crippen LogP contribution in [0.3, 0.4) is 0 Å². The average Bonchev–Trinajstić information content (AvgIpc) is 3.05. The minimum absolute atomic E-state index is 0. The lowest BCUT2D eigenvalue weighted by molar-refractivity contribution is 0.0951. The van der Waals surface area contributed by atoms with E-state index in [4.69, 9.17) is 9.47 Å². The number of hydrogen-bond donors (Lipinski definition) is 2. The van der Waals surface area contributed by atoms with Gasteiger partial charge >= 0.3 is 0 Å². The minimum Gasteiger partial charge on any atom is -0.494 e. The number of carbonyl (C=O) groups excluding carboxylic acids is 1. The monoisotopic (exact) mass is 342 g/mol. The number of hydrogen-bond acceptors (Lipinski definition) is 4. The fraction of sp³-hybridized carbons (Fsp3) is 0.588.